The van der Waals surface area contributed by atoms with Crippen LogP contribution in [0.2, 0.25) is 0 Å². The fraction of sp³-hybridized carbons (Fsp3) is 0.600. The Kier molecular flexibility index (Phi) is 2.94. The van der Waals surface area contributed by atoms with Crippen molar-refractivity contribution in [3.63, 3.8) is 0 Å². The van der Waals surface area contributed by atoms with Gasteiger partial charge in [0.05, 0.1) is 11.4 Å². The molecule has 1 aromatic rings. The average molecular weight is 245 g/mol. The van der Waals surface area contributed by atoms with Gasteiger partial charge < -0.3 is 15.1 Å². The van der Waals surface area contributed by atoms with Crippen LogP contribution in [0.1, 0.15) is 12.8 Å². The Morgan fingerprint density at radius 1 is 1.22 bits per heavy atom. The molecule has 1 aromatic carbocycles. The first-order valence-electron chi connectivity index (χ1n) is 6.92. The predicted octanol–water partition coefficient (Wildman–Crippen LogP) is 1.94. The van der Waals surface area contributed by atoms with Crippen molar-refractivity contribution in [3.05, 3.63) is 24.3 Å². The molecule has 0 bridgehead atoms. The van der Waals surface area contributed by atoms with E-state index in [2.05, 4.69) is 53.5 Å². The van der Waals surface area contributed by atoms with Crippen LogP contribution in [0.5, 0.6) is 0 Å². The van der Waals surface area contributed by atoms with Crippen LogP contribution >= 0.6 is 0 Å². The van der Waals surface area contributed by atoms with Gasteiger partial charge in [-0.05, 0) is 31.5 Å². The largest absolute Gasteiger partial charge is 0.376 e. The Morgan fingerprint density at radius 2 is 2.06 bits per heavy atom. The fourth-order valence-electron chi connectivity index (χ4n) is 3.39. The van der Waals surface area contributed by atoms with E-state index in [1.807, 2.05) is 0 Å². The van der Waals surface area contributed by atoms with Crippen molar-refractivity contribution in [2.45, 2.75) is 12.8 Å². The third-order valence-corrected chi connectivity index (χ3v) is 4.47. The van der Waals surface area contributed by atoms with Crippen molar-refractivity contribution >= 4 is 11.4 Å². The normalized spacial score (nSPS) is 27.1. The monoisotopic (exact) mass is 245 g/mol. The van der Waals surface area contributed by atoms with Crippen LogP contribution < -0.4 is 15.1 Å². The highest BCUT2D eigenvalue weighted by atomic mass is 15.2. The first-order valence-corrected chi connectivity index (χ1v) is 6.92. The molecule has 18 heavy (non-hydrogen) atoms. The average Bonchev–Trinajstić information content (AvgIpc) is 3.00. The first-order chi connectivity index (χ1) is 8.70. The Morgan fingerprint density at radius 3 is 2.78 bits per heavy atom. The number of rotatable bonds is 2. The lowest BCUT2D eigenvalue weighted by Gasteiger charge is -2.27. The standard InChI is InChI=1S/C15H23N3/c1-17(2)13-5-3-4-6-14(13)18-10-8-15(12-18)7-9-16-11-15/h3-6,16H,7-12H2,1-2H3. The maximum atomic E-state index is 3.53. The second kappa shape index (κ2) is 4.47. The molecule has 1 spiro atoms. The van der Waals surface area contributed by atoms with Gasteiger partial charge in [-0.3, -0.25) is 0 Å². The molecule has 2 fully saturated rings. The van der Waals surface area contributed by atoms with E-state index in [1.54, 1.807) is 0 Å². The molecule has 0 amide bonds. The van der Waals surface area contributed by atoms with Crippen LogP contribution in [0.4, 0.5) is 11.4 Å². The summed E-state index contributed by atoms with van der Waals surface area (Å²) in [5.74, 6) is 0. The molecule has 98 valence electrons. The van der Waals surface area contributed by atoms with Gasteiger partial charge in [0.15, 0.2) is 0 Å². The molecule has 3 heteroatoms. The third-order valence-electron chi connectivity index (χ3n) is 4.47. The molecule has 2 saturated heterocycles. The van der Waals surface area contributed by atoms with Crippen molar-refractivity contribution in [1.29, 1.82) is 0 Å². The Bertz CT molecular complexity index is 422. The second-order valence-corrected chi connectivity index (χ2v) is 5.98. The summed E-state index contributed by atoms with van der Waals surface area (Å²) >= 11 is 0. The molecule has 1 N–H and O–H groups in total. The van der Waals surface area contributed by atoms with Crippen molar-refractivity contribution < 1.29 is 0 Å². The molecule has 0 aromatic heterocycles. The molecule has 1 atom stereocenters. The molecule has 3 nitrogen and oxygen atoms in total. The van der Waals surface area contributed by atoms with Gasteiger partial charge in [0.1, 0.15) is 0 Å². The van der Waals surface area contributed by atoms with E-state index >= 15 is 0 Å². The van der Waals surface area contributed by atoms with E-state index in [0.717, 1.165) is 0 Å². The van der Waals surface area contributed by atoms with Crippen molar-refractivity contribution in [2.24, 2.45) is 5.41 Å². The summed E-state index contributed by atoms with van der Waals surface area (Å²) in [6.45, 7) is 4.81. The number of nitrogens with one attached hydrogen (secondary N) is 1. The van der Waals surface area contributed by atoms with E-state index in [-0.39, 0.29) is 0 Å². The summed E-state index contributed by atoms with van der Waals surface area (Å²) in [5.41, 5.74) is 3.27. The summed E-state index contributed by atoms with van der Waals surface area (Å²) in [6, 6.07) is 8.76. The van der Waals surface area contributed by atoms with Crippen molar-refractivity contribution in [1.82, 2.24) is 5.32 Å². The van der Waals surface area contributed by atoms with Gasteiger partial charge in [-0.15, -0.1) is 0 Å². The number of hydrogen-bond acceptors (Lipinski definition) is 3. The summed E-state index contributed by atoms with van der Waals surface area (Å²) < 4.78 is 0. The summed E-state index contributed by atoms with van der Waals surface area (Å²) in [6.07, 6.45) is 2.68. The van der Waals surface area contributed by atoms with Crippen LogP contribution in [0.3, 0.4) is 0 Å². The third kappa shape index (κ3) is 1.97. The predicted molar refractivity (Wildman–Crippen MR) is 77.5 cm³/mol. The summed E-state index contributed by atoms with van der Waals surface area (Å²) in [4.78, 5) is 4.79. The van der Waals surface area contributed by atoms with Gasteiger partial charge in [0, 0.05) is 39.1 Å². The SMILES string of the molecule is CN(C)c1ccccc1N1CCC2(CCNC2)C1. The van der Waals surface area contributed by atoms with Crippen LogP contribution in [-0.2, 0) is 0 Å². The Hall–Kier alpha value is -1.22. The molecule has 2 aliphatic rings. The zero-order valence-corrected chi connectivity index (χ0v) is 11.4. The quantitative estimate of drug-likeness (QED) is 0.859. The zero-order chi connectivity index (χ0) is 12.6. The van der Waals surface area contributed by atoms with Gasteiger partial charge in [-0.2, -0.15) is 0 Å². The van der Waals surface area contributed by atoms with Crippen LogP contribution in [-0.4, -0.2) is 40.3 Å². The minimum absolute atomic E-state index is 0.541. The van der Waals surface area contributed by atoms with E-state index < -0.39 is 0 Å². The molecular weight excluding hydrogens is 222 g/mol. The molecule has 0 aliphatic carbocycles. The lowest BCUT2D eigenvalue weighted by molar-refractivity contribution is 0.369. The van der Waals surface area contributed by atoms with Gasteiger partial charge in [-0.1, -0.05) is 12.1 Å². The highest BCUT2D eigenvalue weighted by Gasteiger charge is 2.40. The number of para-hydroxylation sites is 2. The van der Waals surface area contributed by atoms with Crippen molar-refractivity contribution in [3.8, 4) is 0 Å². The summed E-state index contributed by atoms with van der Waals surface area (Å²) in [7, 11) is 4.25. The van der Waals surface area contributed by atoms with Gasteiger partial charge in [0.25, 0.3) is 0 Å². The first kappa shape index (κ1) is 11.8. The molecular formula is C15H23N3. The van der Waals surface area contributed by atoms with E-state index in [1.165, 1.54) is 50.4 Å². The van der Waals surface area contributed by atoms with Crippen LogP contribution in [0, 0.1) is 5.41 Å². The van der Waals surface area contributed by atoms with E-state index in [4.69, 9.17) is 0 Å². The highest BCUT2D eigenvalue weighted by molar-refractivity contribution is 5.71. The number of benzene rings is 1. The van der Waals surface area contributed by atoms with E-state index in [9.17, 15) is 0 Å². The molecule has 2 aliphatic heterocycles. The summed E-state index contributed by atoms with van der Waals surface area (Å²) in [5, 5.41) is 3.53. The zero-order valence-electron chi connectivity index (χ0n) is 11.4. The smallest absolute Gasteiger partial charge is 0.0604 e. The lowest BCUT2D eigenvalue weighted by Crippen LogP contribution is -2.29. The number of hydrogen-bond donors (Lipinski definition) is 1. The number of anilines is 2. The van der Waals surface area contributed by atoms with Crippen LogP contribution in [0.15, 0.2) is 24.3 Å². The molecule has 0 saturated carbocycles. The van der Waals surface area contributed by atoms with Crippen LogP contribution in [0.25, 0.3) is 0 Å². The van der Waals surface area contributed by atoms with Gasteiger partial charge >= 0.3 is 0 Å². The minimum Gasteiger partial charge on any atom is -0.376 e. The maximum Gasteiger partial charge on any atom is 0.0604 e. The Labute approximate surface area is 110 Å². The minimum atomic E-state index is 0.541. The van der Waals surface area contributed by atoms with Crippen molar-refractivity contribution in [2.75, 3.05) is 50.1 Å². The maximum absolute atomic E-state index is 3.53. The second-order valence-electron chi connectivity index (χ2n) is 5.98. The van der Waals surface area contributed by atoms with Gasteiger partial charge in [-0.25, -0.2) is 0 Å². The Balaban J connectivity index is 1.84. The number of nitrogens with zero attached hydrogens (tertiary/aromatic N) is 2. The fourth-order valence-corrected chi connectivity index (χ4v) is 3.39. The topological polar surface area (TPSA) is 18.5 Å². The molecule has 3 rings (SSSR count). The molecule has 1 unspecified atom stereocenters. The molecule has 0 radical (unpaired) electrons. The van der Waals surface area contributed by atoms with E-state index in [0.29, 0.717) is 5.41 Å². The van der Waals surface area contributed by atoms with Gasteiger partial charge in [0.2, 0.25) is 0 Å². The highest BCUT2D eigenvalue weighted by Crippen LogP contribution is 2.40. The lowest BCUT2D eigenvalue weighted by atomic mass is 9.86. The molecule has 2 heterocycles.